The minimum Gasteiger partial charge on any atom is -0.394 e. The van der Waals surface area contributed by atoms with Crippen molar-refractivity contribution in [3.63, 3.8) is 0 Å². The number of hydrogen-bond acceptors (Lipinski definition) is 6. The summed E-state index contributed by atoms with van der Waals surface area (Å²) in [6.45, 7) is -0.586. The molecule has 0 aliphatic carbocycles. The Labute approximate surface area is 121 Å². The van der Waals surface area contributed by atoms with E-state index in [9.17, 15) is 15.3 Å². The van der Waals surface area contributed by atoms with Crippen LogP contribution in [0.15, 0.2) is 24.3 Å². The van der Waals surface area contributed by atoms with Crippen LogP contribution in [0.25, 0.3) is 0 Å². The molecule has 0 saturated carbocycles. The van der Waals surface area contributed by atoms with Crippen molar-refractivity contribution in [2.75, 3.05) is 13.2 Å². The third kappa shape index (κ3) is 3.48. The third-order valence-corrected chi connectivity index (χ3v) is 3.38. The van der Waals surface area contributed by atoms with Gasteiger partial charge in [0.1, 0.15) is 24.4 Å². The summed E-state index contributed by atoms with van der Waals surface area (Å²) >= 11 is 5.87. The van der Waals surface area contributed by atoms with Crippen LogP contribution in [0.5, 0.6) is 0 Å². The van der Waals surface area contributed by atoms with Gasteiger partial charge in [0, 0.05) is 10.6 Å². The topological polar surface area (TPSA) is 99.4 Å². The first-order chi connectivity index (χ1) is 9.52. The van der Waals surface area contributed by atoms with E-state index in [1.807, 2.05) is 0 Å². The number of benzene rings is 1. The Balaban J connectivity index is 1.98. The molecule has 6 nitrogen and oxygen atoms in total. The van der Waals surface area contributed by atoms with E-state index in [0.29, 0.717) is 10.6 Å². The van der Waals surface area contributed by atoms with Gasteiger partial charge in [-0.25, -0.2) is 0 Å². The van der Waals surface area contributed by atoms with Crippen LogP contribution in [0.1, 0.15) is 11.9 Å². The zero-order valence-electron chi connectivity index (χ0n) is 10.6. The molecule has 1 aromatic rings. The molecule has 0 amide bonds. The molecule has 4 N–H and O–H groups in total. The second-order valence-corrected chi connectivity index (χ2v) is 5.06. The molecule has 0 bridgehead atoms. The van der Waals surface area contributed by atoms with E-state index < -0.39 is 37.3 Å². The Kier molecular flexibility index (Phi) is 5.34. The number of aliphatic hydroxyl groups is 4. The fourth-order valence-electron chi connectivity index (χ4n) is 1.98. The molecule has 1 unspecified atom stereocenters. The molecule has 0 radical (unpaired) electrons. The maximum Gasteiger partial charge on any atom is 0.184 e. The fourth-order valence-corrected chi connectivity index (χ4v) is 2.18. The van der Waals surface area contributed by atoms with E-state index in [-0.39, 0.29) is 6.61 Å². The molecular weight excluding hydrogens is 288 g/mol. The van der Waals surface area contributed by atoms with Gasteiger partial charge in [-0.15, -0.1) is 0 Å². The lowest BCUT2D eigenvalue weighted by Gasteiger charge is -2.25. The maximum absolute atomic E-state index is 9.89. The highest BCUT2D eigenvalue weighted by Crippen LogP contribution is 2.30. The Morgan fingerprint density at radius 3 is 2.70 bits per heavy atom. The summed E-state index contributed by atoms with van der Waals surface area (Å²) in [7, 11) is 0. The fraction of sp³-hybridized carbons (Fsp3) is 0.538. The highest BCUT2D eigenvalue weighted by molar-refractivity contribution is 6.30. The van der Waals surface area contributed by atoms with Crippen molar-refractivity contribution in [1.82, 2.24) is 0 Å². The van der Waals surface area contributed by atoms with Gasteiger partial charge in [-0.3, -0.25) is 0 Å². The van der Waals surface area contributed by atoms with Gasteiger partial charge in [0.05, 0.1) is 13.2 Å². The van der Waals surface area contributed by atoms with Crippen LogP contribution in [0.3, 0.4) is 0 Å². The number of hydrogen-bond donors (Lipinski definition) is 4. The Hall–Kier alpha value is -0.730. The Bertz CT molecular complexity index is 443. The molecular formula is C13H17ClO6. The Morgan fingerprint density at radius 1 is 1.30 bits per heavy atom. The number of rotatable bonds is 5. The molecule has 1 saturated heterocycles. The summed E-state index contributed by atoms with van der Waals surface area (Å²) in [5.41, 5.74) is 0.699. The van der Waals surface area contributed by atoms with Crippen molar-refractivity contribution < 1.29 is 29.9 Å². The SMILES string of the molecule is OC[C@@H](O)[C@@H](O)[C@H](O)[C@@H]1COC(c2cccc(Cl)c2)O1. The van der Waals surface area contributed by atoms with Crippen molar-refractivity contribution in [1.29, 1.82) is 0 Å². The Morgan fingerprint density at radius 2 is 2.05 bits per heavy atom. The third-order valence-electron chi connectivity index (χ3n) is 3.14. The van der Waals surface area contributed by atoms with Crippen LogP contribution in [-0.4, -0.2) is 58.1 Å². The van der Waals surface area contributed by atoms with E-state index in [4.69, 9.17) is 26.2 Å². The monoisotopic (exact) mass is 304 g/mol. The van der Waals surface area contributed by atoms with Crippen LogP contribution >= 0.6 is 11.6 Å². The summed E-state index contributed by atoms with van der Waals surface area (Å²) in [5, 5.41) is 38.1. The van der Waals surface area contributed by atoms with Gasteiger partial charge >= 0.3 is 0 Å². The van der Waals surface area contributed by atoms with Crippen molar-refractivity contribution >= 4 is 11.6 Å². The van der Waals surface area contributed by atoms with Gasteiger partial charge in [-0.2, -0.15) is 0 Å². The normalized spacial score (nSPS) is 27.2. The van der Waals surface area contributed by atoms with Gasteiger partial charge < -0.3 is 29.9 Å². The van der Waals surface area contributed by atoms with E-state index in [2.05, 4.69) is 0 Å². The van der Waals surface area contributed by atoms with Crippen molar-refractivity contribution in [2.45, 2.75) is 30.7 Å². The highest BCUT2D eigenvalue weighted by atomic mass is 35.5. The standard InChI is InChI=1S/C13H17ClO6/c14-8-3-1-2-7(4-8)13-19-6-10(20-13)12(18)11(17)9(16)5-15/h1-4,9-13,15-18H,5-6H2/t9-,10+,11-,12-,13?/m1/s1. The van der Waals surface area contributed by atoms with Crippen LogP contribution in [0.4, 0.5) is 0 Å². The molecule has 1 heterocycles. The zero-order valence-corrected chi connectivity index (χ0v) is 11.3. The lowest BCUT2D eigenvalue weighted by atomic mass is 10.0. The largest absolute Gasteiger partial charge is 0.394 e. The van der Waals surface area contributed by atoms with E-state index in [1.165, 1.54) is 0 Å². The first kappa shape index (κ1) is 15.7. The highest BCUT2D eigenvalue weighted by Gasteiger charge is 2.38. The molecule has 20 heavy (non-hydrogen) atoms. The second-order valence-electron chi connectivity index (χ2n) is 4.63. The van der Waals surface area contributed by atoms with Crippen molar-refractivity contribution in [3.8, 4) is 0 Å². The summed E-state index contributed by atoms with van der Waals surface area (Å²) in [4.78, 5) is 0. The van der Waals surface area contributed by atoms with Crippen LogP contribution < -0.4 is 0 Å². The average Bonchev–Trinajstić information content (AvgIpc) is 2.94. The second kappa shape index (κ2) is 6.82. The predicted molar refractivity (Wildman–Crippen MR) is 70.1 cm³/mol. The van der Waals surface area contributed by atoms with Crippen LogP contribution in [0.2, 0.25) is 5.02 Å². The van der Waals surface area contributed by atoms with Gasteiger partial charge in [-0.1, -0.05) is 23.7 Å². The van der Waals surface area contributed by atoms with Crippen LogP contribution in [0, 0.1) is 0 Å². The number of halogens is 1. The molecule has 112 valence electrons. The van der Waals surface area contributed by atoms with E-state index in [1.54, 1.807) is 24.3 Å². The van der Waals surface area contributed by atoms with Crippen molar-refractivity contribution in [3.05, 3.63) is 34.9 Å². The number of ether oxygens (including phenoxy) is 2. The lowest BCUT2D eigenvalue weighted by molar-refractivity contribution is -0.134. The van der Waals surface area contributed by atoms with Gasteiger partial charge in [0.2, 0.25) is 0 Å². The molecule has 1 fully saturated rings. The summed E-state index contributed by atoms with van der Waals surface area (Å²) in [6, 6.07) is 6.91. The average molecular weight is 305 g/mol. The molecule has 1 aliphatic heterocycles. The molecule has 7 heteroatoms. The minimum atomic E-state index is -1.51. The van der Waals surface area contributed by atoms with Gasteiger partial charge in [-0.05, 0) is 12.1 Å². The predicted octanol–water partition coefficient (Wildman–Crippen LogP) is -0.171. The summed E-state index contributed by atoms with van der Waals surface area (Å²) < 4.78 is 10.9. The van der Waals surface area contributed by atoms with Crippen LogP contribution in [-0.2, 0) is 9.47 Å². The molecule has 2 rings (SSSR count). The van der Waals surface area contributed by atoms with Crippen molar-refractivity contribution in [2.24, 2.45) is 0 Å². The molecule has 0 aromatic heterocycles. The molecule has 1 aliphatic rings. The first-order valence-corrected chi connectivity index (χ1v) is 6.58. The summed E-state index contributed by atoms with van der Waals surface area (Å²) in [6.07, 6.45) is -5.78. The molecule has 1 aromatic carbocycles. The lowest BCUT2D eigenvalue weighted by Crippen LogP contribution is -2.46. The first-order valence-electron chi connectivity index (χ1n) is 6.20. The van der Waals surface area contributed by atoms with E-state index >= 15 is 0 Å². The molecule has 0 spiro atoms. The quantitative estimate of drug-likeness (QED) is 0.603. The number of aliphatic hydroxyl groups excluding tert-OH is 4. The summed E-state index contributed by atoms with van der Waals surface area (Å²) in [5.74, 6) is 0. The minimum absolute atomic E-state index is 0.0631. The van der Waals surface area contributed by atoms with Gasteiger partial charge in [0.15, 0.2) is 6.29 Å². The smallest absolute Gasteiger partial charge is 0.184 e. The zero-order chi connectivity index (χ0) is 14.7. The van der Waals surface area contributed by atoms with Gasteiger partial charge in [0.25, 0.3) is 0 Å². The van der Waals surface area contributed by atoms with E-state index in [0.717, 1.165) is 0 Å². The maximum atomic E-state index is 9.89. The molecule has 5 atom stereocenters.